The van der Waals surface area contributed by atoms with Gasteiger partial charge in [0.15, 0.2) is 5.41 Å². The fourth-order valence-corrected chi connectivity index (χ4v) is 3.74. The monoisotopic (exact) mass is 410 g/mol. The summed E-state index contributed by atoms with van der Waals surface area (Å²) in [5.74, 6) is -0.972. The lowest BCUT2D eigenvalue weighted by Crippen LogP contribution is -2.43. The van der Waals surface area contributed by atoms with E-state index in [1.54, 1.807) is 13.8 Å². The van der Waals surface area contributed by atoms with Crippen LogP contribution in [0.25, 0.3) is 0 Å². The van der Waals surface area contributed by atoms with E-state index >= 15 is 0 Å². The molecule has 0 aliphatic rings. The summed E-state index contributed by atoms with van der Waals surface area (Å²) in [6, 6.07) is 14.4. The summed E-state index contributed by atoms with van der Waals surface area (Å²) >= 11 is 0. The molecule has 0 N–H and O–H groups in total. The molecule has 0 aromatic heterocycles. The lowest BCUT2D eigenvalue weighted by atomic mass is 9.76. The summed E-state index contributed by atoms with van der Waals surface area (Å²) in [6.07, 6.45) is 1.93. The van der Waals surface area contributed by atoms with E-state index in [2.05, 4.69) is 32.0 Å². The summed E-state index contributed by atoms with van der Waals surface area (Å²) in [5.41, 5.74) is 4.44. The van der Waals surface area contributed by atoms with Crippen LogP contribution >= 0.6 is 0 Å². The maximum atomic E-state index is 13.1. The zero-order valence-corrected chi connectivity index (χ0v) is 18.9. The molecule has 0 saturated carbocycles. The van der Waals surface area contributed by atoms with Crippen molar-refractivity contribution in [2.24, 2.45) is 5.41 Å². The molecule has 0 bridgehead atoms. The van der Waals surface area contributed by atoms with Crippen LogP contribution in [0.1, 0.15) is 54.5 Å². The van der Waals surface area contributed by atoms with E-state index in [1.807, 2.05) is 31.2 Å². The first-order valence-corrected chi connectivity index (χ1v) is 10.8. The van der Waals surface area contributed by atoms with Gasteiger partial charge in [-0.2, -0.15) is 0 Å². The van der Waals surface area contributed by atoms with Crippen molar-refractivity contribution in [2.75, 3.05) is 13.2 Å². The summed E-state index contributed by atoms with van der Waals surface area (Å²) in [7, 11) is 0. The average Bonchev–Trinajstić information content (AvgIpc) is 2.71. The number of benzene rings is 2. The molecule has 0 spiro atoms. The highest BCUT2D eigenvalue weighted by molar-refractivity contribution is 6.00. The Morgan fingerprint density at radius 3 is 1.83 bits per heavy atom. The fourth-order valence-electron chi connectivity index (χ4n) is 3.74. The van der Waals surface area contributed by atoms with Crippen molar-refractivity contribution >= 4 is 11.9 Å². The Bertz CT molecular complexity index is 834. The number of carbonyl (C=O) groups excluding carboxylic acids is 2. The van der Waals surface area contributed by atoms with Gasteiger partial charge in [-0.1, -0.05) is 53.6 Å². The Kier molecular flexibility index (Phi) is 8.64. The van der Waals surface area contributed by atoms with E-state index in [4.69, 9.17) is 9.47 Å². The molecule has 0 heterocycles. The molecule has 4 nitrogen and oxygen atoms in total. The fraction of sp³-hybridized carbons (Fsp3) is 0.462. The van der Waals surface area contributed by atoms with Gasteiger partial charge in [0.2, 0.25) is 0 Å². The maximum Gasteiger partial charge on any atom is 0.323 e. The molecule has 30 heavy (non-hydrogen) atoms. The summed E-state index contributed by atoms with van der Waals surface area (Å²) in [5, 5.41) is 0. The molecule has 2 rings (SSSR count). The van der Waals surface area contributed by atoms with Gasteiger partial charge < -0.3 is 9.47 Å². The smallest absolute Gasteiger partial charge is 0.323 e. The lowest BCUT2D eigenvalue weighted by Gasteiger charge is -2.29. The topological polar surface area (TPSA) is 52.6 Å². The van der Waals surface area contributed by atoms with Gasteiger partial charge in [0.1, 0.15) is 0 Å². The van der Waals surface area contributed by atoms with E-state index in [-0.39, 0.29) is 13.2 Å². The SMILES string of the molecule is CCOC(=O)C(CCc1ccc(C)cc1)(CCc1ccc(C)cc1C)C(=O)OCC. The van der Waals surface area contributed by atoms with E-state index in [0.717, 1.165) is 16.7 Å². The third-order valence-corrected chi connectivity index (χ3v) is 5.61. The van der Waals surface area contributed by atoms with Crippen LogP contribution in [0.5, 0.6) is 0 Å². The maximum absolute atomic E-state index is 13.1. The van der Waals surface area contributed by atoms with E-state index in [0.29, 0.717) is 25.7 Å². The first-order chi connectivity index (χ1) is 14.3. The van der Waals surface area contributed by atoms with Gasteiger partial charge in [-0.05, 0) is 77.0 Å². The van der Waals surface area contributed by atoms with Crippen molar-refractivity contribution < 1.29 is 19.1 Å². The number of ether oxygens (including phenoxy) is 2. The van der Waals surface area contributed by atoms with Gasteiger partial charge >= 0.3 is 11.9 Å². The van der Waals surface area contributed by atoms with Crippen molar-refractivity contribution in [1.29, 1.82) is 0 Å². The largest absolute Gasteiger partial charge is 0.465 e. The summed E-state index contributed by atoms with van der Waals surface area (Å²) < 4.78 is 10.8. The third kappa shape index (κ3) is 5.94. The first kappa shape index (κ1) is 23.7. The highest BCUT2D eigenvalue weighted by atomic mass is 16.6. The predicted octanol–water partition coefficient (Wildman–Crippen LogP) is 5.29. The molecule has 0 saturated heterocycles. The second-order valence-electron chi connectivity index (χ2n) is 7.94. The minimum Gasteiger partial charge on any atom is -0.465 e. The van der Waals surface area contributed by atoms with Gasteiger partial charge in [0, 0.05) is 0 Å². The Balaban J connectivity index is 2.34. The van der Waals surface area contributed by atoms with Gasteiger partial charge in [-0.25, -0.2) is 0 Å². The molecule has 162 valence electrons. The number of carbonyl (C=O) groups is 2. The normalized spacial score (nSPS) is 11.2. The average molecular weight is 411 g/mol. The second kappa shape index (κ2) is 11.0. The van der Waals surface area contributed by atoms with Crippen molar-refractivity contribution in [3.05, 3.63) is 70.3 Å². The van der Waals surface area contributed by atoms with Crippen LogP contribution in [-0.4, -0.2) is 25.2 Å². The number of aryl methyl sites for hydroxylation is 5. The molecule has 0 aliphatic heterocycles. The third-order valence-electron chi connectivity index (χ3n) is 5.61. The number of hydrogen-bond donors (Lipinski definition) is 0. The summed E-state index contributed by atoms with van der Waals surface area (Å²) in [6.45, 7) is 10.1. The lowest BCUT2D eigenvalue weighted by molar-refractivity contribution is -0.173. The van der Waals surface area contributed by atoms with Crippen LogP contribution in [0.15, 0.2) is 42.5 Å². The van der Waals surface area contributed by atoms with Crippen LogP contribution in [0.4, 0.5) is 0 Å². The molecule has 0 radical (unpaired) electrons. The van der Waals surface area contributed by atoms with Gasteiger partial charge in [-0.3, -0.25) is 9.59 Å². The molecular formula is C26H34O4. The van der Waals surface area contributed by atoms with E-state index < -0.39 is 17.4 Å². The van der Waals surface area contributed by atoms with Crippen LogP contribution in [0, 0.1) is 26.2 Å². The van der Waals surface area contributed by atoms with Crippen molar-refractivity contribution in [3.8, 4) is 0 Å². The molecule has 2 aromatic rings. The Morgan fingerprint density at radius 1 is 0.767 bits per heavy atom. The molecule has 0 fully saturated rings. The number of rotatable bonds is 10. The second-order valence-corrected chi connectivity index (χ2v) is 7.94. The zero-order valence-electron chi connectivity index (χ0n) is 18.9. The van der Waals surface area contributed by atoms with Gasteiger partial charge in [0.05, 0.1) is 13.2 Å². The highest BCUT2D eigenvalue weighted by Crippen LogP contribution is 2.34. The number of esters is 2. The summed E-state index contributed by atoms with van der Waals surface area (Å²) in [4.78, 5) is 26.2. The Morgan fingerprint density at radius 2 is 1.30 bits per heavy atom. The van der Waals surface area contributed by atoms with Crippen molar-refractivity contribution in [3.63, 3.8) is 0 Å². The van der Waals surface area contributed by atoms with Crippen LogP contribution < -0.4 is 0 Å². The molecule has 0 atom stereocenters. The molecule has 0 amide bonds. The van der Waals surface area contributed by atoms with Crippen molar-refractivity contribution in [1.82, 2.24) is 0 Å². The number of hydrogen-bond acceptors (Lipinski definition) is 4. The van der Waals surface area contributed by atoms with Crippen LogP contribution in [0.3, 0.4) is 0 Å². The molecule has 0 aliphatic carbocycles. The van der Waals surface area contributed by atoms with Crippen LogP contribution in [-0.2, 0) is 31.9 Å². The molecule has 4 heteroatoms. The minimum absolute atomic E-state index is 0.230. The van der Waals surface area contributed by atoms with Crippen LogP contribution in [0.2, 0.25) is 0 Å². The standard InChI is InChI=1S/C26H34O4/c1-6-29-24(27)26(25(28)30-7-2,16-14-22-11-8-19(3)9-12-22)17-15-23-13-10-20(4)18-21(23)5/h8-13,18H,6-7,14-17H2,1-5H3. The molecule has 0 unspecified atom stereocenters. The van der Waals surface area contributed by atoms with Gasteiger partial charge in [-0.15, -0.1) is 0 Å². The zero-order chi connectivity index (χ0) is 22.1. The molecule has 2 aromatic carbocycles. The minimum atomic E-state index is -1.31. The molecular weight excluding hydrogens is 376 g/mol. The Labute approximate surface area is 180 Å². The van der Waals surface area contributed by atoms with Crippen molar-refractivity contribution in [2.45, 2.75) is 60.3 Å². The quantitative estimate of drug-likeness (QED) is 0.394. The van der Waals surface area contributed by atoms with Gasteiger partial charge in [0.25, 0.3) is 0 Å². The predicted molar refractivity (Wildman–Crippen MR) is 119 cm³/mol. The highest BCUT2D eigenvalue weighted by Gasteiger charge is 2.48. The Hall–Kier alpha value is -2.62. The first-order valence-electron chi connectivity index (χ1n) is 10.8. The van der Waals surface area contributed by atoms with E-state index in [1.165, 1.54) is 11.1 Å². The van der Waals surface area contributed by atoms with E-state index in [9.17, 15) is 9.59 Å².